The Morgan fingerprint density at radius 2 is 1.95 bits per heavy atom. The molecule has 21 heavy (non-hydrogen) atoms. The maximum Gasteiger partial charge on any atom is 0.193 e. The normalized spacial score (nSPS) is 23.0. The lowest BCUT2D eigenvalue weighted by Crippen LogP contribution is -2.53. The molecule has 0 unspecified atom stereocenters. The topological polar surface area (TPSA) is 40.1 Å². The molecule has 2 saturated heterocycles. The second-order valence-electron chi connectivity index (χ2n) is 6.28. The zero-order valence-electron chi connectivity index (χ0n) is 13.7. The molecule has 0 aliphatic carbocycles. The van der Waals surface area contributed by atoms with Gasteiger partial charge < -0.3 is 15.0 Å². The first-order chi connectivity index (χ1) is 9.63. The van der Waals surface area contributed by atoms with Gasteiger partial charge in [-0.3, -0.25) is 9.89 Å². The van der Waals surface area contributed by atoms with Crippen molar-refractivity contribution < 1.29 is 4.74 Å². The van der Waals surface area contributed by atoms with Crippen LogP contribution >= 0.6 is 24.0 Å². The molecule has 0 saturated carbocycles. The number of guanidine groups is 1. The van der Waals surface area contributed by atoms with Crippen LogP contribution in [0.15, 0.2) is 4.99 Å². The predicted molar refractivity (Wildman–Crippen MR) is 98.7 cm³/mol. The molecule has 2 fully saturated rings. The first-order valence-corrected chi connectivity index (χ1v) is 7.99. The Morgan fingerprint density at radius 3 is 2.57 bits per heavy atom. The lowest BCUT2D eigenvalue weighted by Gasteiger charge is -2.41. The minimum Gasteiger partial charge on any atom is -0.378 e. The van der Waals surface area contributed by atoms with Crippen molar-refractivity contribution in [2.45, 2.75) is 39.2 Å². The fraction of sp³-hybridized carbons (Fsp3) is 0.933. The standard InChI is InChI=1S/C15H30N4O.HI/c1-4-16-14(18-8-5-6-9-18)17-7-10-19-11-12-20-13-15(19,2)3;/h4-13H2,1-3H3,(H,16,17);1H. The number of hydrogen-bond acceptors (Lipinski definition) is 3. The van der Waals surface area contributed by atoms with Crippen LogP contribution in [0, 0.1) is 0 Å². The van der Waals surface area contributed by atoms with Gasteiger partial charge in [-0.1, -0.05) is 0 Å². The number of morpholine rings is 1. The molecule has 2 aliphatic heterocycles. The highest BCUT2D eigenvalue weighted by Gasteiger charge is 2.29. The molecule has 6 heteroatoms. The highest BCUT2D eigenvalue weighted by molar-refractivity contribution is 14.0. The summed E-state index contributed by atoms with van der Waals surface area (Å²) < 4.78 is 5.56. The van der Waals surface area contributed by atoms with E-state index in [-0.39, 0.29) is 29.5 Å². The minimum atomic E-state index is 0. The monoisotopic (exact) mass is 410 g/mol. The van der Waals surface area contributed by atoms with Gasteiger partial charge >= 0.3 is 0 Å². The molecule has 2 heterocycles. The van der Waals surface area contributed by atoms with Gasteiger partial charge in [-0.15, -0.1) is 24.0 Å². The fourth-order valence-electron chi connectivity index (χ4n) is 2.94. The number of hydrogen-bond donors (Lipinski definition) is 1. The largest absolute Gasteiger partial charge is 0.378 e. The highest BCUT2D eigenvalue weighted by Crippen LogP contribution is 2.18. The summed E-state index contributed by atoms with van der Waals surface area (Å²) in [7, 11) is 0. The van der Waals surface area contributed by atoms with Gasteiger partial charge in [-0.05, 0) is 33.6 Å². The summed E-state index contributed by atoms with van der Waals surface area (Å²) in [6.07, 6.45) is 2.59. The second kappa shape index (κ2) is 9.15. The van der Waals surface area contributed by atoms with Gasteiger partial charge in [0.05, 0.1) is 19.8 Å². The average Bonchev–Trinajstić information content (AvgIpc) is 2.93. The summed E-state index contributed by atoms with van der Waals surface area (Å²) in [6, 6.07) is 0. The van der Waals surface area contributed by atoms with Crippen molar-refractivity contribution in [2.24, 2.45) is 4.99 Å². The molecule has 1 N–H and O–H groups in total. The maximum absolute atomic E-state index is 5.56. The van der Waals surface area contributed by atoms with Crippen LogP contribution in [-0.4, -0.2) is 73.8 Å². The molecule has 0 aromatic heterocycles. The summed E-state index contributed by atoms with van der Waals surface area (Å²) in [6.45, 7) is 14.4. The zero-order chi connectivity index (χ0) is 14.4. The lowest BCUT2D eigenvalue weighted by atomic mass is 10.0. The minimum absolute atomic E-state index is 0. The van der Waals surface area contributed by atoms with Crippen molar-refractivity contribution in [1.29, 1.82) is 0 Å². The lowest BCUT2D eigenvalue weighted by molar-refractivity contribution is -0.0491. The number of rotatable bonds is 4. The van der Waals surface area contributed by atoms with E-state index in [0.29, 0.717) is 0 Å². The van der Waals surface area contributed by atoms with Crippen LogP contribution in [0.2, 0.25) is 0 Å². The van der Waals surface area contributed by atoms with Crippen LogP contribution < -0.4 is 5.32 Å². The molecule has 0 amide bonds. The Bertz CT molecular complexity index is 330. The molecule has 0 spiro atoms. The van der Waals surface area contributed by atoms with Gasteiger partial charge in [0.25, 0.3) is 0 Å². The Kier molecular flexibility index (Phi) is 8.26. The summed E-state index contributed by atoms with van der Waals surface area (Å²) in [4.78, 5) is 9.68. The van der Waals surface area contributed by atoms with E-state index in [4.69, 9.17) is 9.73 Å². The smallest absolute Gasteiger partial charge is 0.193 e. The van der Waals surface area contributed by atoms with Crippen molar-refractivity contribution in [3.05, 3.63) is 0 Å². The number of nitrogens with one attached hydrogen (secondary N) is 1. The molecule has 0 radical (unpaired) electrons. The molecule has 5 nitrogen and oxygen atoms in total. The number of ether oxygens (including phenoxy) is 1. The second-order valence-corrected chi connectivity index (χ2v) is 6.28. The quantitative estimate of drug-likeness (QED) is 0.436. The van der Waals surface area contributed by atoms with E-state index in [0.717, 1.165) is 58.4 Å². The van der Waals surface area contributed by atoms with Gasteiger partial charge in [0.15, 0.2) is 5.96 Å². The van der Waals surface area contributed by atoms with Gasteiger partial charge in [0.2, 0.25) is 0 Å². The van der Waals surface area contributed by atoms with Crippen molar-refractivity contribution in [3.63, 3.8) is 0 Å². The van der Waals surface area contributed by atoms with Crippen molar-refractivity contribution >= 4 is 29.9 Å². The van der Waals surface area contributed by atoms with E-state index in [1.54, 1.807) is 0 Å². The summed E-state index contributed by atoms with van der Waals surface area (Å²) in [5.74, 6) is 1.09. The first kappa shape index (κ1) is 19.0. The number of aliphatic imine (C=N–C) groups is 1. The third-order valence-electron chi connectivity index (χ3n) is 4.19. The number of likely N-dealkylation sites (tertiary alicyclic amines) is 1. The molecule has 0 aromatic rings. The van der Waals surface area contributed by atoms with Crippen LogP contribution in [0.1, 0.15) is 33.6 Å². The molecule has 0 atom stereocenters. The van der Waals surface area contributed by atoms with E-state index >= 15 is 0 Å². The van der Waals surface area contributed by atoms with E-state index in [9.17, 15) is 0 Å². The van der Waals surface area contributed by atoms with E-state index in [1.807, 2.05) is 0 Å². The van der Waals surface area contributed by atoms with Crippen molar-refractivity contribution in [3.8, 4) is 0 Å². The summed E-state index contributed by atoms with van der Waals surface area (Å²) in [5, 5.41) is 3.42. The van der Waals surface area contributed by atoms with Crippen LogP contribution in [0.25, 0.3) is 0 Å². The molecule has 2 aliphatic rings. The van der Waals surface area contributed by atoms with Crippen LogP contribution in [0.3, 0.4) is 0 Å². The Hall–Kier alpha value is -0.0800. The zero-order valence-corrected chi connectivity index (χ0v) is 16.1. The van der Waals surface area contributed by atoms with Crippen LogP contribution in [-0.2, 0) is 4.74 Å². The Labute approximate surface area is 146 Å². The fourth-order valence-corrected chi connectivity index (χ4v) is 2.94. The van der Waals surface area contributed by atoms with Crippen molar-refractivity contribution in [2.75, 3.05) is 52.5 Å². The van der Waals surface area contributed by atoms with Crippen molar-refractivity contribution in [1.82, 2.24) is 15.1 Å². The number of halogens is 1. The van der Waals surface area contributed by atoms with E-state index in [2.05, 4.69) is 35.9 Å². The average molecular weight is 410 g/mol. The molecule has 0 aromatic carbocycles. The van der Waals surface area contributed by atoms with Gasteiger partial charge in [0.1, 0.15) is 0 Å². The van der Waals surface area contributed by atoms with Crippen LogP contribution in [0.4, 0.5) is 0 Å². The van der Waals surface area contributed by atoms with Gasteiger partial charge in [0, 0.05) is 38.3 Å². The van der Waals surface area contributed by atoms with Gasteiger partial charge in [-0.25, -0.2) is 0 Å². The summed E-state index contributed by atoms with van der Waals surface area (Å²) >= 11 is 0. The van der Waals surface area contributed by atoms with E-state index in [1.165, 1.54) is 12.8 Å². The molecule has 124 valence electrons. The van der Waals surface area contributed by atoms with Gasteiger partial charge in [-0.2, -0.15) is 0 Å². The van der Waals surface area contributed by atoms with Crippen LogP contribution in [0.5, 0.6) is 0 Å². The SMILES string of the molecule is CCNC(=NCCN1CCOCC1(C)C)N1CCCC1.I. The van der Waals surface area contributed by atoms with E-state index < -0.39 is 0 Å². The Balaban J connectivity index is 0.00000220. The summed E-state index contributed by atoms with van der Waals surface area (Å²) in [5.41, 5.74) is 0.139. The molecular weight excluding hydrogens is 379 g/mol. The number of nitrogens with zero attached hydrogens (tertiary/aromatic N) is 3. The Morgan fingerprint density at radius 1 is 1.24 bits per heavy atom. The highest BCUT2D eigenvalue weighted by atomic mass is 127. The third kappa shape index (κ3) is 5.56. The first-order valence-electron chi connectivity index (χ1n) is 7.99. The molecule has 0 bridgehead atoms. The maximum atomic E-state index is 5.56. The predicted octanol–water partition coefficient (Wildman–Crippen LogP) is 1.78. The molecule has 2 rings (SSSR count). The third-order valence-corrected chi connectivity index (χ3v) is 4.19. The molecular formula is C15H31IN4O.